The highest BCUT2D eigenvalue weighted by Gasteiger charge is 2.36. The van der Waals surface area contributed by atoms with Gasteiger partial charge < -0.3 is 9.47 Å². The molecule has 0 aromatic carbocycles. The molecule has 1 amide bonds. The lowest BCUT2D eigenvalue weighted by Gasteiger charge is -2.42. The van der Waals surface area contributed by atoms with Crippen LogP contribution in [0.25, 0.3) is 0 Å². The van der Waals surface area contributed by atoms with Crippen molar-refractivity contribution < 1.29 is 4.79 Å². The molecule has 108 valence electrons. The fourth-order valence-electron chi connectivity index (χ4n) is 3.62. The quantitative estimate of drug-likeness (QED) is 0.810. The molecule has 4 heterocycles. The van der Waals surface area contributed by atoms with Gasteiger partial charge in [-0.3, -0.25) is 9.59 Å². The van der Waals surface area contributed by atoms with Gasteiger partial charge in [0.05, 0.1) is 4.88 Å². The highest BCUT2D eigenvalue weighted by Crippen LogP contribution is 2.35. The zero-order chi connectivity index (χ0) is 14.4. The Morgan fingerprint density at radius 1 is 1.14 bits per heavy atom. The molecule has 2 aliphatic heterocycles. The van der Waals surface area contributed by atoms with E-state index < -0.39 is 0 Å². The van der Waals surface area contributed by atoms with Crippen molar-refractivity contribution in [3.63, 3.8) is 0 Å². The van der Waals surface area contributed by atoms with Gasteiger partial charge in [-0.25, -0.2) is 0 Å². The predicted octanol–water partition coefficient (Wildman–Crippen LogP) is 2.17. The summed E-state index contributed by atoms with van der Waals surface area (Å²) in [6.45, 7) is 2.21. The SMILES string of the molecule is O=C(c1cccs1)N1C[C@H]2C[C@H](C1)c1cccc(=O)n1C2. The van der Waals surface area contributed by atoms with Crippen LogP contribution < -0.4 is 5.56 Å². The van der Waals surface area contributed by atoms with Crippen LogP contribution in [0.4, 0.5) is 0 Å². The van der Waals surface area contributed by atoms with Gasteiger partial charge in [0.1, 0.15) is 0 Å². The molecule has 5 heteroatoms. The van der Waals surface area contributed by atoms with Gasteiger partial charge in [0.15, 0.2) is 0 Å². The number of pyridine rings is 1. The molecule has 0 saturated carbocycles. The van der Waals surface area contributed by atoms with Crippen molar-refractivity contribution in [1.29, 1.82) is 0 Å². The van der Waals surface area contributed by atoms with E-state index in [-0.39, 0.29) is 17.4 Å². The highest BCUT2D eigenvalue weighted by atomic mass is 32.1. The van der Waals surface area contributed by atoms with E-state index in [1.165, 1.54) is 11.3 Å². The minimum Gasteiger partial charge on any atom is -0.337 e. The molecule has 0 aliphatic carbocycles. The Morgan fingerprint density at radius 2 is 2.05 bits per heavy atom. The summed E-state index contributed by atoms with van der Waals surface area (Å²) >= 11 is 1.49. The van der Waals surface area contributed by atoms with Crippen molar-refractivity contribution in [3.8, 4) is 0 Å². The molecule has 0 spiro atoms. The first-order chi connectivity index (χ1) is 10.2. The summed E-state index contributed by atoms with van der Waals surface area (Å²) in [4.78, 5) is 27.3. The Balaban J connectivity index is 1.65. The average Bonchev–Trinajstić information content (AvgIpc) is 3.02. The molecule has 2 bridgehead atoms. The van der Waals surface area contributed by atoms with Gasteiger partial charge in [-0.1, -0.05) is 12.1 Å². The summed E-state index contributed by atoms with van der Waals surface area (Å²) in [5.41, 5.74) is 1.17. The second-order valence-electron chi connectivity index (χ2n) is 5.89. The van der Waals surface area contributed by atoms with Crippen molar-refractivity contribution in [3.05, 3.63) is 56.6 Å². The molecule has 2 aliphatic rings. The van der Waals surface area contributed by atoms with Crippen LogP contribution >= 0.6 is 11.3 Å². The maximum atomic E-state index is 12.5. The second-order valence-corrected chi connectivity index (χ2v) is 6.83. The van der Waals surface area contributed by atoms with Crippen LogP contribution in [0.1, 0.15) is 27.7 Å². The van der Waals surface area contributed by atoms with E-state index in [1.807, 2.05) is 39.1 Å². The molecule has 21 heavy (non-hydrogen) atoms. The Hall–Kier alpha value is -1.88. The number of amides is 1. The Kier molecular flexibility index (Phi) is 2.96. The summed E-state index contributed by atoms with van der Waals surface area (Å²) in [5, 5.41) is 1.94. The molecular weight excluding hydrogens is 284 g/mol. The molecule has 4 nitrogen and oxygen atoms in total. The lowest BCUT2D eigenvalue weighted by atomic mass is 9.83. The summed E-state index contributed by atoms with van der Waals surface area (Å²) in [6, 6.07) is 9.28. The maximum Gasteiger partial charge on any atom is 0.263 e. The number of aromatic nitrogens is 1. The third-order valence-corrected chi connectivity index (χ3v) is 5.36. The van der Waals surface area contributed by atoms with E-state index >= 15 is 0 Å². The van der Waals surface area contributed by atoms with Gasteiger partial charge in [0, 0.05) is 37.3 Å². The zero-order valence-corrected chi connectivity index (χ0v) is 12.4. The zero-order valence-electron chi connectivity index (χ0n) is 11.6. The van der Waals surface area contributed by atoms with Crippen molar-refractivity contribution in [2.45, 2.75) is 18.9 Å². The lowest BCUT2D eigenvalue weighted by molar-refractivity contribution is 0.0599. The standard InChI is InChI=1S/C16H16N2O2S/c19-15-5-1-3-13-12-7-11(9-18(13)15)8-17(10-12)16(20)14-4-2-6-21-14/h1-6,11-12H,7-10H2/t11-,12-/m1/s1. The van der Waals surface area contributed by atoms with Crippen LogP contribution in [0.15, 0.2) is 40.5 Å². The van der Waals surface area contributed by atoms with Gasteiger partial charge >= 0.3 is 0 Å². The van der Waals surface area contributed by atoms with Crippen LogP contribution in [0, 0.1) is 5.92 Å². The minimum absolute atomic E-state index is 0.0835. The lowest BCUT2D eigenvalue weighted by Crippen LogP contribution is -2.48. The van der Waals surface area contributed by atoms with E-state index in [9.17, 15) is 9.59 Å². The van der Waals surface area contributed by atoms with Crippen molar-refractivity contribution in [2.24, 2.45) is 5.92 Å². The molecule has 0 unspecified atom stereocenters. The predicted molar refractivity (Wildman–Crippen MR) is 81.8 cm³/mol. The summed E-state index contributed by atoms with van der Waals surface area (Å²) < 4.78 is 1.89. The molecule has 2 aromatic rings. The number of fused-ring (bicyclic) bond motifs is 4. The Labute approximate surface area is 126 Å². The number of thiophene rings is 1. The summed E-state index contributed by atoms with van der Waals surface area (Å²) in [6.07, 6.45) is 1.08. The van der Waals surface area contributed by atoms with E-state index in [1.54, 1.807) is 6.07 Å². The summed E-state index contributed by atoms with van der Waals surface area (Å²) in [5.74, 6) is 0.807. The number of carbonyl (C=O) groups excluding carboxylic acids is 1. The Bertz CT molecular complexity index is 735. The van der Waals surface area contributed by atoms with Crippen LogP contribution in [0.5, 0.6) is 0 Å². The number of rotatable bonds is 1. The first kappa shape index (κ1) is 12.8. The van der Waals surface area contributed by atoms with Crippen molar-refractivity contribution >= 4 is 17.2 Å². The second kappa shape index (κ2) is 4.84. The smallest absolute Gasteiger partial charge is 0.263 e. The van der Waals surface area contributed by atoms with E-state index in [0.29, 0.717) is 5.92 Å². The molecule has 1 saturated heterocycles. The van der Waals surface area contributed by atoms with Gasteiger partial charge in [-0.15, -0.1) is 11.3 Å². The van der Waals surface area contributed by atoms with E-state index in [2.05, 4.69) is 0 Å². The fourth-order valence-corrected chi connectivity index (χ4v) is 4.31. The normalized spacial score (nSPS) is 23.7. The number of carbonyl (C=O) groups is 1. The highest BCUT2D eigenvalue weighted by molar-refractivity contribution is 7.12. The number of hydrogen-bond donors (Lipinski definition) is 0. The maximum absolute atomic E-state index is 12.5. The topological polar surface area (TPSA) is 42.3 Å². The number of likely N-dealkylation sites (tertiary alicyclic amines) is 1. The Morgan fingerprint density at radius 3 is 2.86 bits per heavy atom. The third-order valence-electron chi connectivity index (χ3n) is 4.50. The van der Waals surface area contributed by atoms with Crippen LogP contribution in [-0.4, -0.2) is 28.5 Å². The molecule has 0 radical (unpaired) electrons. The first-order valence-corrected chi connectivity index (χ1v) is 8.13. The monoisotopic (exact) mass is 300 g/mol. The fraction of sp³-hybridized carbons (Fsp3) is 0.375. The summed E-state index contributed by atoms with van der Waals surface area (Å²) in [7, 11) is 0. The number of hydrogen-bond acceptors (Lipinski definition) is 3. The van der Waals surface area contributed by atoms with Crippen LogP contribution in [0.3, 0.4) is 0 Å². The van der Waals surface area contributed by atoms with Crippen molar-refractivity contribution in [2.75, 3.05) is 13.1 Å². The van der Waals surface area contributed by atoms with Gasteiger partial charge in [0.2, 0.25) is 0 Å². The van der Waals surface area contributed by atoms with Gasteiger partial charge in [0.25, 0.3) is 11.5 Å². The van der Waals surface area contributed by atoms with Crippen LogP contribution in [0.2, 0.25) is 0 Å². The molecule has 0 N–H and O–H groups in total. The van der Waals surface area contributed by atoms with E-state index in [4.69, 9.17) is 0 Å². The third kappa shape index (κ3) is 2.12. The largest absolute Gasteiger partial charge is 0.337 e. The molecule has 2 atom stereocenters. The minimum atomic E-state index is 0.0835. The average molecular weight is 300 g/mol. The van der Waals surface area contributed by atoms with Gasteiger partial charge in [-0.05, 0) is 29.9 Å². The van der Waals surface area contributed by atoms with Crippen LogP contribution in [-0.2, 0) is 6.54 Å². The molecule has 1 fully saturated rings. The van der Waals surface area contributed by atoms with E-state index in [0.717, 1.165) is 36.6 Å². The van der Waals surface area contributed by atoms with Crippen molar-refractivity contribution in [1.82, 2.24) is 9.47 Å². The number of nitrogens with zero attached hydrogens (tertiary/aromatic N) is 2. The van der Waals surface area contributed by atoms with Gasteiger partial charge in [-0.2, -0.15) is 0 Å². The molecule has 2 aromatic heterocycles. The first-order valence-electron chi connectivity index (χ1n) is 7.25. The molecule has 4 rings (SSSR count). The number of piperidine rings is 1. The molecular formula is C16H16N2O2S.